The van der Waals surface area contributed by atoms with Gasteiger partial charge < -0.3 is 4.74 Å². The first-order valence-corrected chi connectivity index (χ1v) is 12.5. The van der Waals surface area contributed by atoms with Crippen LogP contribution in [0.5, 0.6) is 5.75 Å². The van der Waals surface area contributed by atoms with Crippen LogP contribution in [0.1, 0.15) is 82.6 Å². The van der Waals surface area contributed by atoms with Crippen LogP contribution in [0.4, 0.5) is 17.6 Å². The fourth-order valence-electron chi connectivity index (χ4n) is 6.21. The zero-order chi connectivity index (χ0) is 23.4. The molecule has 2 aromatic carbocycles. The number of halogens is 4. The highest BCUT2D eigenvalue weighted by Crippen LogP contribution is 2.45. The molecule has 2 aromatic rings. The second-order valence-electron chi connectivity index (χ2n) is 9.94. The van der Waals surface area contributed by atoms with Gasteiger partial charge in [0, 0.05) is 5.56 Å². The van der Waals surface area contributed by atoms with Crippen LogP contribution in [0.2, 0.25) is 0 Å². The summed E-state index contributed by atoms with van der Waals surface area (Å²) in [6.45, 7) is 0.942. The maximum atomic E-state index is 14.9. The lowest BCUT2D eigenvalue weighted by Gasteiger charge is -2.38. The van der Waals surface area contributed by atoms with Crippen molar-refractivity contribution in [3.05, 3.63) is 53.3 Å². The number of ether oxygens (including phenoxy) is 1. The van der Waals surface area contributed by atoms with Crippen molar-refractivity contribution in [3.8, 4) is 16.9 Å². The smallest absolute Gasteiger partial charge is 0.228 e. The van der Waals surface area contributed by atoms with E-state index in [4.69, 9.17) is 0 Å². The van der Waals surface area contributed by atoms with Gasteiger partial charge in [-0.1, -0.05) is 44.7 Å². The number of alkyl halides is 1. The van der Waals surface area contributed by atoms with Crippen LogP contribution < -0.4 is 4.74 Å². The molecule has 0 aromatic heterocycles. The third-order valence-corrected chi connectivity index (χ3v) is 8.00. The summed E-state index contributed by atoms with van der Waals surface area (Å²) in [6, 6.07) is 6.94. The molecule has 2 fully saturated rings. The van der Waals surface area contributed by atoms with E-state index in [9.17, 15) is 17.6 Å². The lowest BCUT2D eigenvalue weighted by atomic mass is 9.68. The SMILES string of the molecule is CCCC1CCC(C2CCC(c3ccc(-c4cc(F)c(OCF)c(F)c4)c(F)c3)CC2)CC1. The van der Waals surface area contributed by atoms with Gasteiger partial charge in [-0.25, -0.2) is 17.6 Å². The van der Waals surface area contributed by atoms with Crippen molar-refractivity contribution in [3.63, 3.8) is 0 Å². The molecule has 4 rings (SSSR count). The quantitative estimate of drug-likeness (QED) is 0.373. The van der Waals surface area contributed by atoms with Crippen molar-refractivity contribution in [2.45, 2.75) is 77.0 Å². The Bertz CT molecular complexity index is 904. The molecule has 5 heteroatoms. The third-order valence-electron chi connectivity index (χ3n) is 8.00. The third kappa shape index (κ3) is 5.55. The van der Waals surface area contributed by atoms with Crippen LogP contribution in [-0.2, 0) is 0 Å². The molecule has 0 amide bonds. The van der Waals surface area contributed by atoms with Crippen LogP contribution in [0.25, 0.3) is 11.1 Å². The Hall–Kier alpha value is -2.04. The van der Waals surface area contributed by atoms with Gasteiger partial charge in [-0.3, -0.25) is 0 Å². The first-order valence-electron chi connectivity index (χ1n) is 12.5. The fourth-order valence-corrected chi connectivity index (χ4v) is 6.21. The normalized spacial score (nSPS) is 25.7. The number of hydrogen-bond donors (Lipinski definition) is 0. The molecule has 0 bridgehead atoms. The predicted octanol–water partition coefficient (Wildman–Crippen LogP) is 8.96. The minimum Gasteiger partial charge on any atom is -0.457 e. The molecule has 0 atom stereocenters. The molecule has 180 valence electrons. The Kier molecular flexibility index (Phi) is 7.98. The zero-order valence-electron chi connectivity index (χ0n) is 19.4. The summed E-state index contributed by atoms with van der Waals surface area (Å²) in [5.41, 5.74) is 1.16. The van der Waals surface area contributed by atoms with Gasteiger partial charge in [-0.15, -0.1) is 0 Å². The van der Waals surface area contributed by atoms with E-state index in [0.29, 0.717) is 5.92 Å². The van der Waals surface area contributed by atoms with Crippen LogP contribution in [0.15, 0.2) is 30.3 Å². The van der Waals surface area contributed by atoms with Gasteiger partial charge in [0.1, 0.15) is 5.82 Å². The minimum absolute atomic E-state index is 0.0719. The summed E-state index contributed by atoms with van der Waals surface area (Å²) < 4.78 is 59.7. The molecular weight excluding hydrogens is 428 g/mol. The van der Waals surface area contributed by atoms with Gasteiger partial charge in [-0.2, -0.15) is 0 Å². The topological polar surface area (TPSA) is 9.23 Å². The van der Waals surface area contributed by atoms with Crippen LogP contribution >= 0.6 is 0 Å². The second kappa shape index (κ2) is 10.9. The molecule has 2 aliphatic carbocycles. The molecule has 0 unspecified atom stereocenters. The molecule has 1 nitrogen and oxygen atoms in total. The molecule has 0 N–H and O–H groups in total. The van der Waals surface area contributed by atoms with Gasteiger partial charge in [0.2, 0.25) is 6.86 Å². The van der Waals surface area contributed by atoms with Gasteiger partial charge in [-0.05, 0) is 91.5 Å². The summed E-state index contributed by atoms with van der Waals surface area (Å²) in [7, 11) is 0. The molecule has 0 heterocycles. The van der Waals surface area contributed by atoms with E-state index in [1.807, 2.05) is 6.07 Å². The standard InChI is InChI=1S/C28H34F4O/c1-2-3-18-4-6-19(7-5-18)20-8-10-21(11-9-20)22-12-13-24(25(30)14-22)23-15-26(31)28(33-17-29)27(32)16-23/h12-16,18-21H,2-11,17H2,1H3. The molecule has 2 aliphatic rings. The van der Waals surface area contributed by atoms with Crippen LogP contribution in [-0.4, -0.2) is 6.86 Å². The first kappa shape index (κ1) is 24.1. The fraction of sp³-hybridized carbons (Fsp3) is 0.571. The zero-order valence-corrected chi connectivity index (χ0v) is 19.4. The Morgan fingerprint density at radius 2 is 1.39 bits per heavy atom. The van der Waals surface area contributed by atoms with Crippen molar-refractivity contribution >= 4 is 0 Å². The maximum absolute atomic E-state index is 14.9. The summed E-state index contributed by atoms with van der Waals surface area (Å²) in [5.74, 6) is -0.471. The van der Waals surface area contributed by atoms with E-state index in [0.717, 1.165) is 48.3 Å². The molecular formula is C28H34F4O. The summed E-state index contributed by atoms with van der Waals surface area (Å²) in [6.07, 6.45) is 12.7. The maximum Gasteiger partial charge on any atom is 0.228 e. The van der Waals surface area contributed by atoms with E-state index >= 15 is 0 Å². The molecule has 0 spiro atoms. The summed E-state index contributed by atoms with van der Waals surface area (Å²) in [4.78, 5) is 0. The predicted molar refractivity (Wildman–Crippen MR) is 123 cm³/mol. The largest absolute Gasteiger partial charge is 0.457 e. The average molecular weight is 463 g/mol. The van der Waals surface area contributed by atoms with Gasteiger partial charge >= 0.3 is 0 Å². The Morgan fingerprint density at radius 1 is 0.788 bits per heavy atom. The van der Waals surface area contributed by atoms with Crippen LogP contribution in [0.3, 0.4) is 0 Å². The number of hydrogen-bond acceptors (Lipinski definition) is 1. The second-order valence-corrected chi connectivity index (χ2v) is 9.94. The van der Waals surface area contributed by atoms with Crippen molar-refractivity contribution in [2.75, 3.05) is 6.86 Å². The van der Waals surface area contributed by atoms with Crippen molar-refractivity contribution in [1.82, 2.24) is 0 Å². The van der Waals surface area contributed by atoms with E-state index in [1.54, 1.807) is 6.07 Å². The van der Waals surface area contributed by atoms with Gasteiger partial charge in [0.05, 0.1) is 0 Å². The average Bonchev–Trinajstić information content (AvgIpc) is 2.82. The Morgan fingerprint density at radius 3 is 1.94 bits per heavy atom. The van der Waals surface area contributed by atoms with E-state index < -0.39 is 30.1 Å². The Balaban J connectivity index is 1.38. The molecule has 2 saturated carbocycles. The monoisotopic (exact) mass is 462 g/mol. The molecule has 33 heavy (non-hydrogen) atoms. The molecule has 0 saturated heterocycles. The molecule has 0 radical (unpaired) electrons. The van der Waals surface area contributed by atoms with E-state index in [1.165, 1.54) is 57.4 Å². The highest BCUT2D eigenvalue weighted by Gasteiger charge is 2.31. The van der Waals surface area contributed by atoms with Gasteiger partial charge in [0.15, 0.2) is 17.4 Å². The minimum atomic E-state index is -1.33. The van der Waals surface area contributed by atoms with Crippen LogP contribution in [0, 0.1) is 35.2 Å². The van der Waals surface area contributed by atoms with E-state index in [2.05, 4.69) is 11.7 Å². The van der Waals surface area contributed by atoms with Crippen molar-refractivity contribution in [2.24, 2.45) is 17.8 Å². The summed E-state index contributed by atoms with van der Waals surface area (Å²) >= 11 is 0. The van der Waals surface area contributed by atoms with Crippen molar-refractivity contribution < 1.29 is 22.3 Å². The number of rotatable bonds is 7. The lowest BCUT2D eigenvalue weighted by Crippen LogP contribution is -2.25. The first-order chi connectivity index (χ1) is 16.0. The van der Waals surface area contributed by atoms with Crippen molar-refractivity contribution in [1.29, 1.82) is 0 Å². The summed E-state index contributed by atoms with van der Waals surface area (Å²) in [5, 5.41) is 0. The highest BCUT2D eigenvalue weighted by molar-refractivity contribution is 5.66. The van der Waals surface area contributed by atoms with E-state index in [-0.39, 0.29) is 11.1 Å². The lowest BCUT2D eigenvalue weighted by molar-refractivity contribution is 0.156. The highest BCUT2D eigenvalue weighted by atomic mass is 19.1. The van der Waals surface area contributed by atoms with Gasteiger partial charge in [0.25, 0.3) is 0 Å². The Labute approximate surface area is 194 Å². The molecule has 0 aliphatic heterocycles. The number of benzene rings is 2.